The number of rotatable bonds is 7. The van der Waals surface area contributed by atoms with E-state index in [2.05, 4.69) is 34.2 Å². The summed E-state index contributed by atoms with van der Waals surface area (Å²) in [6, 6.07) is 5.94. The van der Waals surface area contributed by atoms with Crippen LogP contribution in [0.1, 0.15) is 6.42 Å². The van der Waals surface area contributed by atoms with Gasteiger partial charge in [0.25, 0.3) is 0 Å². The van der Waals surface area contributed by atoms with Crippen molar-refractivity contribution in [1.29, 1.82) is 0 Å². The predicted molar refractivity (Wildman–Crippen MR) is 89.1 cm³/mol. The highest BCUT2D eigenvalue weighted by atomic mass is 16.2. The fourth-order valence-corrected chi connectivity index (χ4v) is 2.55. The number of nitrogens with one attached hydrogen (secondary N) is 1. The maximum absolute atomic E-state index is 12.2. The van der Waals surface area contributed by atoms with Crippen LogP contribution in [-0.2, 0) is 4.79 Å². The van der Waals surface area contributed by atoms with Crippen molar-refractivity contribution in [3.05, 3.63) is 24.4 Å². The SMILES string of the molecule is CN(C)CCCNCC(=O)N1CCN(c2ccccn2)CC1. The minimum Gasteiger partial charge on any atom is -0.353 e. The molecule has 0 saturated carbocycles. The molecule has 0 atom stereocenters. The van der Waals surface area contributed by atoms with Gasteiger partial charge in [-0.2, -0.15) is 0 Å². The second-order valence-electron chi connectivity index (χ2n) is 5.89. The van der Waals surface area contributed by atoms with Crippen LogP contribution in [0.3, 0.4) is 0 Å². The molecule has 1 aliphatic rings. The molecule has 0 aromatic carbocycles. The maximum Gasteiger partial charge on any atom is 0.236 e. The molecular formula is C16H27N5O. The molecule has 0 bridgehead atoms. The zero-order valence-electron chi connectivity index (χ0n) is 13.7. The van der Waals surface area contributed by atoms with E-state index in [-0.39, 0.29) is 5.91 Å². The largest absolute Gasteiger partial charge is 0.353 e. The van der Waals surface area contributed by atoms with Crippen LogP contribution in [0.25, 0.3) is 0 Å². The maximum atomic E-state index is 12.2. The third kappa shape index (κ3) is 5.27. The minimum atomic E-state index is 0.200. The molecule has 6 nitrogen and oxygen atoms in total. The summed E-state index contributed by atoms with van der Waals surface area (Å²) in [6.45, 7) is 5.62. The van der Waals surface area contributed by atoms with Gasteiger partial charge in [-0.25, -0.2) is 4.98 Å². The molecule has 6 heteroatoms. The Morgan fingerprint density at radius 3 is 2.68 bits per heavy atom. The molecule has 0 unspecified atom stereocenters. The van der Waals surface area contributed by atoms with E-state index in [0.717, 1.165) is 51.5 Å². The summed E-state index contributed by atoms with van der Waals surface area (Å²) in [5.41, 5.74) is 0. The Balaban J connectivity index is 1.65. The van der Waals surface area contributed by atoms with Gasteiger partial charge in [0.1, 0.15) is 5.82 Å². The quantitative estimate of drug-likeness (QED) is 0.733. The van der Waals surface area contributed by atoms with Crippen LogP contribution in [-0.4, -0.2) is 80.6 Å². The number of anilines is 1. The smallest absolute Gasteiger partial charge is 0.236 e. The van der Waals surface area contributed by atoms with Crippen LogP contribution < -0.4 is 10.2 Å². The highest BCUT2D eigenvalue weighted by Crippen LogP contribution is 2.12. The molecule has 0 aliphatic carbocycles. The fraction of sp³-hybridized carbons (Fsp3) is 0.625. The Bertz CT molecular complexity index is 443. The fourth-order valence-electron chi connectivity index (χ4n) is 2.55. The van der Waals surface area contributed by atoms with Crippen LogP contribution in [0.4, 0.5) is 5.82 Å². The average Bonchev–Trinajstić information content (AvgIpc) is 2.55. The molecule has 1 saturated heterocycles. The lowest BCUT2D eigenvalue weighted by Gasteiger charge is -2.35. The number of pyridine rings is 1. The topological polar surface area (TPSA) is 51.7 Å². The van der Waals surface area contributed by atoms with Crippen molar-refractivity contribution in [3.63, 3.8) is 0 Å². The zero-order valence-corrected chi connectivity index (χ0v) is 13.7. The number of carbonyl (C=O) groups is 1. The highest BCUT2D eigenvalue weighted by molar-refractivity contribution is 5.78. The van der Waals surface area contributed by atoms with Crippen LogP contribution in [0.2, 0.25) is 0 Å². The molecule has 2 heterocycles. The van der Waals surface area contributed by atoms with Crippen LogP contribution >= 0.6 is 0 Å². The Morgan fingerprint density at radius 1 is 1.27 bits per heavy atom. The van der Waals surface area contributed by atoms with E-state index in [4.69, 9.17) is 0 Å². The van der Waals surface area contributed by atoms with E-state index in [1.807, 2.05) is 29.3 Å². The van der Waals surface area contributed by atoms with Crippen molar-refractivity contribution in [3.8, 4) is 0 Å². The molecule has 0 radical (unpaired) electrons. The predicted octanol–water partition coefficient (Wildman–Crippen LogP) is 0.272. The highest BCUT2D eigenvalue weighted by Gasteiger charge is 2.21. The number of piperazine rings is 1. The summed E-state index contributed by atoms with van der Waals surface area (Å²) in [5.74, 6) is 1.20. The molecule has 1 aromatic rings. The van der Waals surface area contributed by atoms with Crippen LogP contribution in [0, 0.1) is 0 Å². The van der Waals surface area contributed by atoms with Crippen LogP contribution in [0.15, 0.2) is 24.4 Å². The first-order chi connectivity index (χ1) is 10.7. The minimum absolute atomic E-state index is 0.200. The van der Waals surface area contributed by atoms with E-state index in [0.29, 0.717) is 6.54 Å². The number of hydrogen-bond acceptors (Lipinski definition) is 5. The van der Waals surface area contributed by atoms with Gasteiger partial charge in [0.2, 0.25) is 5.91 Å². The molecule has 22 heavy (non-hydrogen) atoms. The lowest BCUT2D eigenvalue weighted by atomic mass is 10.3. The third-order valence-electron chi connectivity index (χ3n) is 3.84. The molecular weight excluding hydrogens is 278 g/mol. The van der Waals surface area contributed by atoms with Gasteiger partial charge in [0.05, 0.1) is 6.54 Å². The molecule has 1 fully saturated rings. The Labute approximate surface area is 133 Å². The second-order valence-corrected chi connectivity index (χ2v) is 5.89. The summed E-state index contributed by atoms with van der Waals surface area (Å²) in [5, 5.41) is 3.24. The summed E-state index contributed by atoms with van der Waals surface area (Å²) in [6.07, 6.45) is 2.87. The van der Waals surface area contributed by atoms with Crippen molar-refractivity contribution in [2.45, 2.75) is 6.42 Å². The van der Waals surface area contributed by atoms with Crippen molar-refractivity contribution in [2.75, 3.05) is 64.8 Å². The van der Waals surface area contributed by atoms with Gasteiger partial charge >= 0.3 is 0 Å². The first kappa shape index (κ1) is 16.7. The van der Waals surface area contributed by atoms with E-state index in [1.54, 1.807) is 0 Å². The van der Waals surface area contributed by atoms with Gasteiger partial charge < -0.3 is 20.0 Å². The Hall–Kier alpha value is -1.66. The van der Waals surface area contributed by atoms with E-state index in [9.17, 15) is 4.79 Å². The van der Waals surface area contributed by atoms with E-state index >= 15 is 0 Å². The second kappa shape index (κ2) is 8.70. The van der Waals surface area contributed by atoms with Gasteiger partial charge in [-0.15, -0.1) is 0 Å². The van der Waals surface area contributed by atoms with Crippen molar-refractivity contribution >= 4 is 11.7 Å². The number of hydrogen-bond donors (Lipinski definition) is 1. The summed E-state index contributed by atoms with van der Waals surface area (Å²) in [4.78, 5) is 22.8. The third-order valence-corrected chi connectivity index (χ3v) is 3.84. The summed E-state index contributed by atoms with van der Waals surface area (Å²) in [7, 11) is 4.12. The van der Waals surface area contributed by atoms with E-state index in [1.165, 1.54) is 0 Å². The summed E-state index contributed by atoms with van der Waals surface area (Å²) < 4.78 is 0. The molecule has 1 N–H and O–H groups in total. The standard InChI is InChI=1S/C16H27N5O/c1-19(2)9-5-7-17-14-16(22)21-12-10-20(11-13-21)15-6-3-4-8-18-15/h3-4,6,8,17H,5,7,9-14H2,1-2H3. The lowest BCUT2D eigenvalue weighted by Crippen LogP contribution is -2.51. The first-order valence-electron chi connectivity index (χ1n) is 7.96. The number of nitrogens with zero attached hydrogens (tertiary/aromatic N) is 4. The van der Waals surface area contributed by atoms with Crippen molar-refractivity contribution in [2.24, 2.45) is 0 Å². The Morgan fingerprint density at radius 2 is 2.05 bits per heavy atom. The van der Waals surface area contributed by atoms with Gasteiger partial charge in [-0.3, -0.25) is 4.79 Å². The van der Waals surface area contributed by atoms with Crippen molar-refractivity contribution in [1.82, 2.24) is 20.1 Å². The summed E-state index contributed by atoms with van der Waals surface area (Å²) >= 11 is 0. The average molecular weight is 305 g/mol. The molecule has 1 aromatic heterocycles. The van der Waals surface area contributed by atoms with E-state index < -0.39 is 0 Å². The molecule has 1 amide bonds. The monoisotopic (exact) mass is 305 g/mol. The zero-order chi connectivity index (χ0) is 15.8. The van der Waals surface area contributed by atoms with Gasteiger partial charge in [-0.05, 0) is 45.7 Å². The van der Waals surface area contributed by atoms with Crippen molar-refractivity contribution < 1.29 is 4.79 Å². The van der Waals surface area contributed by atoms with Gasteiger partial charge in [-0.1, -0.05) is 6.07 Å². The normalized spacial score (nSPS) is 15.4. The number of aromatic nitrogens is 1. The number of amides is 1. The Kier molecular flexibility index (Phi) is 6.61. The van der Waals surface area contributed by atoms with Gasteiger partial charge in [0, 0.05) is 32.4 Å². The lowest BCUT2D eigenvalue weighted by molar-refractivity contribution is -0.130. The molecule has 0 spiro atoms. The van der Waals surface area contributed by atoms with Gasteiger partial charge in [0.15, 0.2) is 0 Å². The number of carbonyl (C=O) groups excluding carboxylic acids is 1. The molecule has 122 valence electrons. The molecule has 2 rings (SSSR count). The molecule has 1 aliphatic heterocycles. The van der Waals surface area contributed by atoms with Crippen LogP contribution in [0.5, 0.6) is 0 Å². The first-order valence-corrected chi connectivity index (χ1v) is 7.96.